The Morgan fingerprint density at radius 2 is 2.12 bits per heavy atom. The van der Waals surface area contributed by atoms with Crippen molar-refractivity contribution in [2.45, 2.75) is 46.1 Å². The minimum absolute atomic E-state index is 0.346. The molecule has 0 radical (unpaired) electrons. The van der Waals surface area contributed by atoms with Crippen LogP contribution in [0.4, 0.5) is 0 Å². The van der Waals surface area contributed by atoms with Gasteiger partial charge >= 0.3 is 0 Å². The lowest BCUT2D eigenvalue weighted by atomic mass is 10.1. The molecule has 0 aliphatic heterocycles. The molecule has 7 nitrogen and oxygen atoms in total. The molecule has 2 N–H and O–H groups in total. The Morgan fingerprint density at radius 1 is 1.27 bits per heavy atom. The molecular formula is C19H30N4O3. The Hall–Kier alpha value is -2.28. The zero-order chi connectivity index (χ0) is 18.6. The number of aliphatic imine (C=N–C) groups is 1. The molecule has 2 aromatic heterocycles. The second-order valence-corrected chi connectivity index (χ2v) is 6.27. The molecule has 0 aliphatic rings. The number of guanidine groups is 1. The first-order valence-electron chi connectivity index (χ1n) is 9.26. The number of aromatic nitrogens is 1. The molecule has 2 heterocycles. The summed E-state index contributed by atoms with van der Waals surface area (Å²) in [6, 6.07) is 5.83. The molecule has 2 aromatic rings. The van der Waals surface area contributed by atoms with Crippen LogP contribution in [0.1, 0.15) is 50.3 Å². The summed E-state index contributed by atoms with van der Waals surface area (Å²) in [7, 11) is 0. The van der Waals surface area contributed by atoms with Crippen molar-refractivity contribution in [1.29, 1.82) is 0 Å². The van der Waals surface area contributed by atoms with Crippen molar-refractivity contribution >= 4 is 5.96 Å². The van der Waals surface area contributed by atoms with Crippen LogP contribution in [0, 0.1) is 0 Å². The van der Waals surface area contributed by atoms with E-state index in [2.05, 4.69) is 34.6 Å². The lowest BCUT2D eigenvalue weighted by Crippen LogP contribution is -2.39. The van der Waals surface area contributed by atoms with Gasteiger partial charge in [-0.1, -0.05) is 19.0 Å². The van der Waals surface area contributed by atoms with Gasteiger partial charge in [0.15, 0.2) is 11.7 Å². The summed E-state index contributed by atoms with van der Waals surface area (Å²) in [5, 5.41) is 10.7. The maximum absolute atomic E-state index is 5.36. The van der Waals surface area contributed by atoms with Crippen LogP contribution in [0.25, 0.3) is 0 Å². The molecule has 0 unspecified atom stereocenters. The number of nitrogens with one attached hydrogen (secondary N) is 2. The van der Waals surface area contributed by atoms with Gasteiger partial charge in [0.25, 0.3) is 0 Å². The molecule has 7 heteroatoms. The summed E-state index contributed by atoms with van der Waals surface area (Å²) in [5.41, 5.74) is 0.951. The Balaban J connectivity index is 1.84. The van der Waals surface area contributed by atoms with Crippen molar-refractivity contribution in [2.24, 2.45) is 4.99 Å². The first-order chi connectivity index (χ1) is 12.7. The lowest BCUT2D eigenvalue weighted by molar-refractivity contribution is 0.145. The van der Waals surface area contributed by atoms with Crippen molar-refractivity contribution in [3.05, 3.63) is 41.7 Å². The summed E-state index contributed by atoms with van der Waals surface area (Å²) < 4.78 is 16.1. The number of hydrogen-bond acceptors (Lipinski definition) is 5. The molecule has 0 saturated heterocycles. The first kappa shape index (κ1) is 20.0. The molecular weight excluding hydrogens is 332 g/mol. The number of nitrogens with zero attached hydrogens (tertiary/aromatic N) is 2. The predicted octanol–water partition coefficient (Wildman–Crippen LogP) is 3.10. The molecule has 0 bridgehead atoms. The largest absolute Gasteiger partial charge is 0.469 e. The molecule has 2 rings (SSSR count). The second kappa shape index (κ2) is 11.4. The molecule has 144 valence electrons. The highest BCUT2D eigenvalue weighted by Crippen LogP contribution is 2.14. The van der Waals surface area contributed by atoms with Gasteiger partial charge in [-0.05, 0) is 31.4 Å². The molecule has 26 heavy (non-hydrogen) atoms. The van der Waals surface area contributed by atoms with E-state index in [9.17, 15) is 0 Å². The molecule has 0 saturated carbocycles. The van der Waals surface area contributed by atoms with E-state index in [4.69, 9.17) is 13.7 Å². The van der Waals surface area contributed by atoms with Crippen LogP contribution in [0.5, 0.6) is 0 Å². The van der Waals surface area contributed by atoms with Crippen molar-refractivity contribution in [2.75, 3.05) is 26.3 Å². The molecule has 0 aliphatic carbocycles. The number of furan rings is 1. The number of rotatable bonds is 11. The third-order valence-electron chi connectivity index (χ3n) is 3.77. The third kappa shape index (κ3) is 7.31. The van der Waals surface area contributed by atoms with Gasteiger partial charge in [0, 0.05) is 38.8 Å². The zero-order valence-electron chi connectivity index (χ0n) is 16.0. The molecule has 0 atom stereocenters. The highest BCUT2D eigenvalue weighted by molar-refractivity contribution is 5.79. The van der Waals surface area contributed by atoms with Gasteiger partial charge in [-0.15, -0.1) is 0 Å². The van der Waals surface area contributed by atoms with E-state index < -0.39 is 0 Å². The van der Waals surface area contributed by atoms with E-state index in [1.54, 1.807) is 6.26 Å². The predicted molar refractivity (Wildman–Crippen MR) is 101 cm³/mol. The van der Waals surface area contributed by atoms with Gasteiger partial charge in [-0.3, -0.25) is 0 Å². The highest BCUT2D eigenvalue weighted by atomic mass is 16.5. The van der Waals surface area contributed by atoms with E-state index in [0.29, 0.717) is 12.5 Å². The van der Waals surface area contributed by atoms with E-state index in [-0.39, 0.29) is 0 Å². The van der Waals surface area contributed by atoms with Crippen LogP contribution >= 0.6 is 0 Å². The molecule has 0 aromatic carbocycles. The van der Waals surface area contributed by atoms with Crippen LogP contribution in [0.15, 0.2) is 38.4 Å². The second-order valence-electron chi connectivity index (χ2n) is 6.27. The Morgan fingerprint density at radius 3 is 2.81 bits per heavy atom. The summed E-state index contributed by atoms with van der Waals surface area (Å²) in [5.74, 6) is 2.80. The van der Waals surface area contributed by atoms with Crippen molar-refractivity contribution in [3.63, 3.8) is 0 Å². The third-order valence-corrected chi connectivity index (χ3v) is 3.77. The lowest BCUT2D eigenvalue weighted by Gasteiger charge is -2.12. The van der Waals surface area contributed by atoms with Crippen LogP contribution < -0.4 is 10.6 Å². The topological polar surface area (TPSA) is 84.8 Å². The smallest absolute Gasteiger partial charge is 0.191 e. The van der Waals surface area contributed by atoms with E-state index in [1.807, 2.05) is 25.1 Å². The van der Waals surface area contributed by atoms with E-state index >= 15 is 0 Å². The van der Waals surface area contributed by atoms with E-state index in [1.165, 1.54) is 0 Å². The maximum atomic E-state index is 5.36. The summed E-state index contributed by atoms with van der Waals surface area (Å²) >= 11 is 0. The number of ether oxygens (including phenoxy) is 1. The van der Waals surface area contributed by atoms with Crippen molar-refractivity contribution in [1.82, 2.24) is 15.8 Å². The van der Waals surface area contributed by atoms with E-state index in [0.717, 1.165) is 62.3 Å². The maximum Gasteiger partial charge on any atom is 0.191 e. The van der Waals surface area contributed by atoms with Gasteiger partial charge < -0.3 is 24.3 Å². The fourth-order valence-corrected chi connectivity index (χ4v) is 2.29. The summed E-state index contributed by atoms with van der Waals surface area (Å²) in [6.45, 7) is 9.63. The average Bonchev–Trinajstić information content (AvgIpc) is 3.30. The van der Waals surface area contributed by atoms with Gasteiger partial charge in [-0.25, -0.2) is 4.99 Å². The molecule has 0 fully saturated rings. The Kier molecular flexibility index (Phi) is 8.75. The monoisotopic (exact) mass is 362 g/mol. The average molecular weight is 362 g/mol. The van der Waals surface area contributed by atoms with Crippen LogP contribution in [0.3, 0.4) is 0 Å². The SMILES string of the molecule is CCOCCCNC(=NCc1cc(C(C)C)no1)NCCc1ccco1. The molecule has 0 spiro atoms. The van der Waals surface area contributed by atoms with Crippen molar-refractivity contribution < 1.29 is 13.7 Å². The summed E-state index contributed by atoms with van der Waals surface area (Å²) in [6.07, 6.45) is 3.41. The number of hydrogen-bond donors (Lipinski definition) is 2. The Labute approximate surface area is 155 Å². The standard InChI is InChI=1S/C19H30N4O3/c1-4-24-11-6-9-20-19(21-10-8-16-7-5-12-25-16)22-14-17-13-18(15(2)3)23-26-17/h5,7,12-13,15H,4,6,8-11,14H2,1-3H3,(H2,20,21,22). The van der Waals surface area contributed by atoms with Crippen LogP contribution in [0.2, 0.25) is 0 Å². The minimum Gasteiger partial charge on any atom is -0.469 e. The van der Waals surface area contributed by atoms with Gasteiger partial charge in [0.2, 0.25) is 0 Å². The fourth-order valence-electron chi connectivity index (χ4n) is 2.29. The quantitative estimate of drug-likeness (QED) is 0.363. The highest BCUT2D eigenvalue weighted by Gasteiger charge is 2.07. The van der Waals surface area contributed by atoms with Crippen LogP contribution in [-0.4, -0.2) is 37.4 Å². The minimum atomic E-state index is 0.346. The van der Waals surface area contributed by atoms with Gasteiger partial charge in [0.05, 0.1) is 12.0 Å². The first-order valence-corrected chi connectivity index (χ1v) is 9.26. The Bertz CT molecular complexity index is 635. The van der Waals surface area contributed by atoms with Gasteiger partial charge in [0.1, 0.15) is 12.3 Å². The zero-order valence-corrected chi connectivity index (χ0v) is 16.0. The molecule has 0 amide bonds. The van der Waals surface area contributed by atoms with Crippen LogP contribution in [-0.2, 0) is 17.7 Å². The van der Waals surface area contributed by atoms with Gasteiger partial charge in [-0.2, -0.15) is 0 Å². The summed E-state index contributed by atoms with van der Waals surface area (Å²) in [4.78, 5) is 4.59. The normalized spacial score (nSPS) is 11.9. The fraction of sp³-hybridized carbons (Fsp3) is 0.579. The van der Waals surface area contributed by atoms with Crippen molar-refractivity contribution in [3.8, 4) is 0 Å².